The molecular weight excluding hydrogens is 512 g/mol. The van der Waals surface area contributed by atoms with E-state index in [0.29, 0.717) is 48.9 Å². The average Bonchev–Trinajstić information content (AvgIpc) is 2.94. The van der Waals surface area contributed by atoms with Crippen LogP contribution in [0.3, 0.4) is 0 Å². The van der Waals surface area contributed by atoms with E-state index in [0.717, 1.165) is 18.0 Å². The van der Waals surface area contributed by atoms with Crippen LogP contribution >= 0.6 is 11.6 Å². The molecule has 2 amide bonds. The van der Waals surface area contributed by atoms with Gasteiger partial charge < -0.3 is 30.3 Å². The second-order valence-electron chi connectivity index (χ2n) is 8.21. The van der Waals surface area contributed by atoms with Gasteiger partial charge in [0.15, 0.2) is 6.29 Å². The highest BCUT2D eigenvalue weighted by molar-refractivity contribution is 6.31. The normalized spacial score (nSPS) is 13.0. The second-order valence-corrected chi connectivity index (χ2v) is 8.62. The molecule has 196 valence electrons. The lowest BCUT2D eigenvalue weighted by Crippen LogP contribution is -2.49. The third-order valence-electron chi connectivity index (χ3n) is 5.75. The summed E-state index contributed by atoms with van der Waals surface area (Å²) in [4.78, 5) is 47.3. The number of hydrogen-bond acceptors (Lipinski definition) is 9. The number of hydrogen-bond donors (Lipinski definition) is 3. The topological polar surface area (TPSA) is 137 Å². The SMILES string of the molecule is C=CC(=O)Nc1cccc(Oc2nc(Nc3ccc(N4CCN(C(=O)CO)CC4)cc3C=O)ncc2Cl)c1. The first-order chi connectivity index (χ1) is 18.4. The lowest BCUT2D eigenvalue weighted by Gasteiger charge is -2.36. The van der Waals surface area contributed by atoms with E-state index in [-0.39, 0.29) is 28.7 Å². The van der Waals surface area contributed by atoms with E-state index in [1.807, 2.05) is 6.07 Å². The third kappa shape index (κ3) is 6.44. The van der Waals surface area contributed by atoms with Gasteiger partial charge in [0.1, 0.15) is 17.4 Å². The lowest BCUT2D eigenvalue weighted by molar-refractivity contribution is -0.134. The maximum atomic E-state index is 11.9. The molecule has 0 atom stereocenters. The molecule has 0 saturated carbocycles. The van der Waals surface area contributed by atoms with Crippen LogP contribution in [0.5, 0.6) is 11.6 Å². The van der Waals surface area contributed by atoms with E-state index in [4.69, 9.17) is 21.4 Å². The average molecular weight is 537 g/mol. The maximum absolute atomic E-state index is 11.9. The number of benzene rings is 2. The van der Waals surface area contributed by atoms with Gasteiger partial charge in [0.2, 0.25) is 23.6 Å². The first-order valence-corrected chi connectivity index (χ1v) is 12.0. The highest BCUT2D eigenvalue weighted by atomic mass is 35.5. The molecule has 1 aliphatic heterocycles. The number of aldehydes is 1. The number of nitrogens with one attached hydrogen (secondary N) is 2. The van der Waals surface area contributed by atoms with E-state index < -0.39 is 6.61 Å². The van der Waals surface area contributed by atoms with Crippen molar-refractivity contribution in [2.24, 2.45) is 0 Å². The number of aliphatic hydroxyl groups excluding tert-OH is 1. The number of carbonyl (C=O) groups is 3. The van der Waals surface area contributed by atoms with E-state index in [1.165, 1.54) is 6.20 Å². The standard InChI is InChI=1S/C26H25ClN6O5/c1-2-23(36)29-18-4-3-5-20(13-18)38-25-21(27)14-28-26(31-25)30-22-7-6-19(12-17(22)15-34)32-8-10-33(11-9-32)24(37)16-35/h2-7,12-15,35H,1,8-11,16H2,(H,29,36)(H,28,30,31). The molecule has 2 aromatic carbocycles. The Morgan fingerprint density at radius 2 is 1.95 bits per heavy atom. The number of amides is 2. The summed E-state index contributed by atoms with van der Waals surface area (Å²) in [5.74, 6) is -0.0263. The summed E-state index contributed by atoms with van der Waals surface area (Å²) in [6.45, 7) is 5.05. The number of carbonyl (C=O) groups excluding carboxylic acids is 3. The Morgan fingerprint density at radius 3 is 2.66 bits per heavy atom. The Hall–Kier alpha value is -4.48. The van der Waals surface area contributed by atoms with Gasteiger partial charge in [-0.25, -0.2) is 4.98 Å². The Balaban J connectivity index is 1.47. The number of ether oxygens (including phenoxy) is 1. The Kier molecular flexibility index (Phi) is 8.51. The van der Waals surface area contributed by atoms with Crippen LogP contribution in [0.25, 0.3) is 0 Å². The van der Waals surface area contributed by atoms with Gasteiger partial charge in [-0.05, 0) is 36.4 Å². The van der Waals surface area contributed by atoms with Gasteiger partial charge in [-0.3, -0.25) is 14.4 Å². The maximum Gasteiger partial charge on any atom is 0.248 e. The molecule has 1 aliphatic rings. The van der Waals surface area contributed by atoms with Gasteiger partial charge in [0, 0.05) is 49.2 Å². The first-order valence-electron chi connectivity index (χ1n) is 11.6. The first kappa shape index (κ1) is 26.6. The molecule has 0 radical (unpaired) electrons. The minimum Gasteiger partial charge on any atom is -0.437 e. The number of nitrogens with zero attached hydrogens (tertiary/aromatic N) is 4. The number of aromatic nitrogens is 2. The Bertz CT molecular complexity index is 1360. The fourth-order valence-corrected chi connectivity index (χ4v) is 3.95. The van der Waals surface area contributed by atoms with Gasteiger partial charge in [0.25, 0.3) is 0 Å². The second kappa shape index (κ2) is 12.2. The Morgan fingerprint density at radius 1 is 1.16 bits per heavy atom. The van der Waals surface area contributed by atoms with Gasteiger partial charge in [-0.15, -0.1) is 0 Å². The van der Waals surface area contributed by atoms with E-state index in [2.05, 4.69) is 32.1 Å². The molecule has 12 heteroatoms. The van der Waals surface area contributed by atoms with Crippen LogP contribution in [0.4, 0.5) is 23.0 Å². The number of piperazine rings is 1. The number of halogens is 1. The van der Waals surface area contributed by atoms with Crippen molar-refractivity contribution in [3.8, 4) is 11.6 Å². The van der Waals surface area contributed by atoms with Crippen molar-refractivity contribution in [3.63, 3.8) is 0 Å². The highest BCUT2D eigenvalue weighted by Gasteiger charge is 2.21. The van der Waals surface area contributed by atoms with Gasteiger partial charge >= 0.3 is 0 Å². The van der Waals surface area contributed by atoms with Crippen molar-refractivity contribution in [2.75, 3.05) is 48.3 Å². The molecule has 1 aromatic heterocycles. The minimum absolute atomic E-state index is 0.0796. The molecule has 38 heavy (non-hydrogen) atoms. The molecule has 0 bridgehead atoms. The molecular formula is C26H25ClN6O5. The highest BCUT2D eigenvalue weighted by Crippen LogP contribution is 2.31. The van der Waals surface area contributed by atoms with E-state index >= 15 is 0 Å². The summed E-state index contributed by atoms with van der Waals surface area (Å²) in [5, 5.41) is 14.9. The zero-order valence-corrected chi connectivity index (χ0v) is 21.0. The van der Waals surface area contributed by atoms with Crippen molar-refractivity contribution in [1.82, 2.24) is 14.9 Å². The minimum atomic E-state index is -0.504. The van der Waals surface area contributed by atoms with Crippen molar-refractivity contribution < 1.29 is 24.2 Å². The summed E-state index contributed by atoms with van der Waals surface area (Å²) in [6, 6.07) is 12.0. The van der Waals surface area contributed by atoms with Gasteiger partial charge in [-0.2, -0.15) is 4.98 Å². The van der Waals surface area contributed by atoms with Gasteiger partial charge in [-0.1, -0.05) is 24.2 Å². The summed E-state index contributed by atoms with van der Waals surface area (Å²) < 4.78 is 5.81. The zero-order chi connectivity index (χ0) is 27.1. The van der Waals surface area contributed by atoms with Crippen LogP contribution in [-0.4, -0.2) is 70.9 Å². The molecule has 0 aliphatic carbocycles. The predicted octanol–water partition coefficient (Wildman–Crippen LogP) is 3.24. The van der Waals surface area contributed by atoms with E-state index in [1.54, 1.807) is 41.3 Å². The van der Waals surface area contributed by atoms with Gasteiger partial charge in [0.05, 0.1) is 11.9 Å². The molecule has 2 heterocycles. The summed E-state index contributed by atoms with van der Waals surface area (Å²) >= 11 is 6.24. The monoisotopic (exact) mass is 536 g/mol. The molecule has 11 nitrogen and oxygen atoms in total. The van der Waals surface area contributed by atoms with Crippen molar-refractivity contribution >= 4 is 52.7 Å². The van der Waals surface area contributed by atoms with Crippen molar-refractivity contribution in [1.29, 1.82) is 0 Å². The molecule has 1 saturated heterocycles. The number of aliphatic hydroxyl groups is 1. The molecule has 3 N–H and O–H groups in total. The number of anilines is 4. The Labute approximate surface area is 223 Å². The smallest absolute Gasteiger partial charge is 0.248 e. The fourth-order valence-electron chi connectivity index (χ4n) is 3.82. The summed E-state index contributed by atoms with van der Waals surface area (Å²) in [6.07, 6.45) is 3.26. The van der Waals surface area contributed by atoms with Crippen molar-refractivity contribution in [2.45, 2.75) is 0 Å². The van der Waals surface area contributed by atoms with Crippen LogP contribution < -0.4 is 20.3 Å². The zero-order valence-electron chi connectivity index (χ0n) is 20.3. The largest absolute Gasteiger partial charge is 0.437 e. The van der Waals surface area contributed by atoms with E-state index in [9.17, 15) is 14.4 Å². The molecule has 1 fully saturated rings. The molecule has 3 aromatic rings. The van der Waals surface area contributed by atoms with Crippen LogP contribution in [0.2, 0.25) is 5.02 Å². The molecule has 0 unspecified atom stereocenters. The molecule has 0 spiro atoms. The quantitative estimate of drug-likeness (QED) is 0.278. The van der Waals surface area contributed by atoms with Crippen molar-refractivity contribution in [3.05, 3.63) is 71.9 Å². The number of rotatable bonds is 9. The third-order valence-corrected chi connectivity index (χ3v) is 6.01. The summed E-state index contributed by atoms with van der Waals surface area (Å²) in [5.41, 5.74) is 2.22. The lowest BCUT2D eigenvalue weighted by atomic mass is 10.1. The van der Waals surface area contributed by atoms with Crippen LogP contribution in [0.1, 0.15) is 10.4 Å². The van der Waals surface area contributed by atoms with Crippen LogP contribution in [0, 0.1) is 0 Å². The molecule has 4 rings (SSSR count). The van der Waals surface area contributed by atoms with Crippen LogP contribution in [-0.2, 0) is 9.59 Å². The van der Waals surface area contributed by atoms with Crippen LogP contribution in [0.15, 0.2) is 61.3 Å². The summed E-state index contributed by atoms with van der Waals surface area (Å²) in [7, 11) is 0. The predicted molar refractivity (Wildman–Crippen MR) is 143 cm³/mol. The fraction of sp³-hybridized carbons (Fsp3) is 0.192.